The van der Waals surface area contributed by atoms with E-state index in [1.807, 2.05) is 53.4 Å². The van der Waals surface area contributed by atoms with Crippen LogP contribution in [0.4, 0.5) is 0 Å². The Morgan fingerprint density at radius 3 is 2.71 bits per heavy atom. The molecule has 0 bridgehead atoms. The summed E-state index contributed by atoms with van der Waals surface area (Å²) in [5.74, 6) is 0.846. The first-order valence-electron chi connectivity index (χ1n) is 8.18. The Balaban J connectivity index is 1.90. The molecule has 1 heterocycles. The Kier molecular flexibility index (Phi) is 5.13. The van der Waals surface area contributed by atoms with Gasteiger partial charge in [-0.05, 0) is 23.8 Å². The molecule has 1 fully saturated rings. The van der Waals surface area contributed by atoms with E-state index in [0.717, 1.165) is 23.4 Å². The monoisotopic (exact) mass is 325 g/mol. The first-order valence-corrected chi connectivity index (χ1v) is 8.18. The Morgan fingerprint density at radius 1 is 1.25 bits per heavy atom. The molecule has 0 spiro atoms. The van der Waals surface area contributed by atoms with Gasteiger partial charge < -0.3 is 20.7 Å². The number of carbonyl (C=O) groups is 1. The largest absolute Gasteiger partial charge is 0.496 e. The van der Waals surface area contributed by atoms with Gasteiger partial charge in [0.15, 0.2) is 0 Å². The van der Waals surface area contributed by atoms with E-state index >= 15 is 0 Å². The number of hydrogen-bond acceptors (Lipinski definition) is 4. The highest BCUT2D eigenvalue weighted by Gasteiger charge is 2.30. The maximum atomic E-state index is 13.0. The van der Waals surface area contributed by atoms with Gasteiger partial charge in [-0.2, -0.15) is 0 Å². The third-order valence-electron chi connectivity index (χ3n) is 4.44. The molecule has 2 aromatic rings. The van der Waals surface area contributed by atoms with Gasteiger partial charge in [0, 0.05) is 37.3 Å². The van der Waals surface area contributed by atoms with E-state index in [2.05, 4.69) is 5.32 Å². The number of amides is 1. The third kappa shape index (κ3) is 3.27. The number of benzene rings is 2. The van der Waals surface area contributed by atoms with E-state index < -0.39 is 0 Å². The zero-order valence-electron chi connectivity index (χ0n) is 13.9. The second kappa shape index (κ2) is 7.47. The fourth-order valence-electron chi connectivity index (χ4n) is 3.12. The van der Waals surface area contributed by atoms with Crippen molar-refractivity contribution in [3.05, 3.63) is 65.2 Å². The molecule has 1 saturated heterocycles. The predicted octanol–water partition coefficient (Wildman–Crippen LogP) is 1.94. The number of rotatable bonds is 4. The average molecular weight is 325 g/mol. The van der Waals surface area contributed by atoms with Crippen molar-refractivity contribution in [2.75, 3.05) is 26.7 Å². The molecule has 0 aliphatic carbocycles. The normalized spacial score (nSPS) is 17.6. The molecule has 3 N–H and O–H groups in total. The van der Waals surface area contributed by atoms with Crippen LogP contribution in [0.2, 0.25) is 0 Å². The number of para-hydroxylation sites is 1. The zero-order chi connectivity index (χ0) is 16.9. The van der Waals surface area contributed by atoms with E-state index in [1.165, 1.54) is 0 Å². The molecule has 1 atom stereocenters. The fraction of sp³-hybridized carbons (Fsp3) is 0.316. The quantitative estimate of drug-likeness (QED) is 0.901. The Hall–Kier alpha value is -2.37. The molecule has 1 amide bonds. The molecule has 0 aromatic heterocycles. The minimum absolute atomic E-state index is 0.0379. The summed E-state index contributed by atoms with van der Waals surface area (Å²) in [5, 5.41) is 3.37. The Bertz CT molecular complexity index is 700. The van der Waals surface area contributed by atoms with Crippen molar-refractivity contribution in [3.63, 3.8) is 0 Å². The number of ether oxygens (including phenoxy) is 1. The zero-order valence-corrected chi connectivity index (χ0v) is 13.9. The van der Waals surface area contributed by atoms with Crippen LogP contribution in [0.15, 0.2) is 48.5 Å². The lowest BCUT2D eigenvalue weighted by molar-refractivity contribution is 0.0631. The lowest BCUT2D eigenvalue weighted by atomic mass is 10.0. The number of piperazine rings is 1. The predicted molar refractivity (Wildman–Crippen MR) is 94.0 cm³/mol. The number of hydrogen-bond donors (Lipinski definition) is 2. The average Bonchev–Trinajstić information content (AvgIpc) is 2.67. The molecule has 1 aliphatic rings. The van der Waals surface area contributed by atoms with E-state index in [1.54, 1.807) is 7.11 Å². The van der Waals surface area contributed by atoms with Crippen molar-refractivity contribution in [2.45, 2.75) is 12.6 Å². The summed E-state index contributed by atoms with van der Waals surface area (Å²) in [6.45, 7) is 2.65. The Morgan fingerprint density at radius 2 is 2.00 bits per heavy atom. The van der Waals surface area contributed by atoms with Crippen molar-refractivity contribution in [1.82, 2.24) is 10.2 Å². The molecule has 126 valence electrons. The van der Waals surface area contributed by atoms with Crippen molar-refractivity contribution in [3.8, 4) is 5.75 Å². The van der Waals surface area contributed by atoms with Crippen LogP contribution in [0.25, 0.3) is 0 Å². The minimum Gasteiger partial charge on any atom is -0.496 e. The van der Waals surface area contributed by atoms with Crippen molar-refractivity contribution >= 4 is 5.91 Å². The van der Waals surface area contributed by atoms with Crippen molar-refractivity contribution < 1.29 is 9.53 Å². The van der Waals surface area contributed by atoms with Gasteiger partial charge in [-0.15, -0.1) is 0 Å². The number of carbonyl (C=O) groups excluding carboxylic acids is 1. The van der Waals surface area contributed by atoms with E-state index in [0.29, 0.717) is 25.2 Å². The van der Waals surface area contributed by atoms with Gasteiger partial charge in [0.25, 0.3) is 5.91 Å². The van der Waals surface area contributed by atoms with Crippen LogP contribution in [0, 0.1) is 0 Å². The van der Waals surface area contributed by atoms with Gasteiger partial charge in [-0.3, -0.25) is 4.79 Å². The molecule has 5 nitrogen and oxygen atoms in total. The molecule has 3 rings (SSSR count). The summed E-state index contributed by atoms with van der Waals surface area (Å²) < 4.78 is 5.48. The van der Waals surface area contributed by atoms with Crippen LogP contribution in [-0.2, 0) is 6.54 Å². The van der Waals surface area contributed by atoms with E-state index in [9.17, 15) is 4.79 Å². The van der Waals surface area contributed by atoms with Gasteiger partial charge in [0.05, 0.1) is 13.2 Å². The number of nitrogens with zero attached hydrogens (tertiary/aromatic N) is 1. The van der Waals surface area contributed by atoms with Gasteiger partial charge in [-0.25, -0.2) is 0 Å². The van der Waals surface area contributed by atoms with Crippen molar-refractivity contribution in [1.29, 1.82) is 0 Å². The molecule has 1 unspecified atom stereocenters. The van der Waals surface area contributed by atoms with Gasteiger partial charge in [0.2, 0.25) is 0 Å². The van der Waals surface area contributed by atoms with Crippen LogP contribution in [0.1, 0.15) is 27.5 Å². The summed E-state index contributed by atoms with van der Waals surface area (Å²) >= 11 is 0. The SMILES string of the molecule is COc1ccccc1C1CNCCN1C(=O)c1ccc(CN)cc1. The fourth-order valence-corrected chi connectivity index (χ4v) is 3.12. The Labute approximate surface area is 142 Å². The summed E-state index contributed by atoms with van der Waals surface area (Å²) in [6.07, 6.45) is 0. The topological polar surface area (TPSA) is 67.6 Å². The first kappa shape index (κ1) is 16.5. The molecule has 0 radical (unpaired) electrons. The van der Waals surface area contributed by atoms with Crippen LogP contribution in [-0.4, -0.2) is 37.6 Å². The van der Waals surface area contributed by atoms with Crippen LogP contribution >= 0.6 is 0 Å². The molecule has 0 saturated carbocycles. The highest BCUT2D eigenvalue weighted by molar-refractivity contribution is 5.94. The molecule has 1 aliphatic heterocycles. The second-order valence-corrected chi connectivity index (χ2v) is 5.86. The lowest BCUT2D eigenvalue weighted by Gasteiger charge is -2.37. The minimum atomic E-state index is -0.0448. The standard InChI is InChI=1S/C19H23N3O2/c1-24-18-5-3-2-4-16(18)17-13-21-10-11-22(17)19(23)15-8-6-14(12-20)7-9-15/h2-9,17,21H,10-13,20H2,1H3. The summed E-state index contributed by atoms with van der Waals surface area (Å²) in [6, 6.07) is 15.4. The highest BCUT2D eigenvalue weighted by atomic mass is 16.5. The van der Waals surface area contributed by atoms with Gasteiger partial charge >= 0.3 is 0 Å². The smallest absolute Gasteiger partial charge is 0.254 e. The number of nitrogens with two attached hydrogens (primary N) is 1. The van der Waals surface area contributed by atoms with Crippen molar-refractivity contribution in [2.24, 2.45) is 5.73 Å². The number of nitrogens with one attached hydrogen (secondary N) is 1. The summed E-state index contributed by atoms with van der Waals surface area (Å²) in [7, 11) is 1.66. The maximum absolute atomic E-state index is 13.0. The highest BCUT2D eigenvalue weighted by Crippen LogP contribution is 2.31. The van der Waals surface area contributed by atoms with Crippen LogP contribution in [0.5, 0.6) is 5.75 Å². The molecule has 24 heavy (non-hydrogen) atoms. The molecular weight excluding hydrogens is 302 g/mol. The van der Waals surface area contributed by atoms with Gasteiger partial charge in [0.1, 0.15) is 5.75 Å². The second-order valence-electron chi connectivity index (χ2n) is 5.86. The van der Waals surface area contributed by atoms with Crippen LogP contribution in [0.3, 0.4) is 0 Å². The summed E-state index contributed by atoms with van der Waals surface area (Å²) in [4.78, 5) is 14.9. The molecular formula is C19H23N3O2. The lowest BCUT2D eigenvalue weighted by Crippen LogP contribution is -2.48. The van der Waals surface area contributed by atoms with E-state index in [-0.39, 0.29) is 11.9 Å². The van der Waals surface area contributed by atoms with Crippen LogP contribution < -0.4 is 15.8 Å². The number of methoxy groups -OCH3 is 1. The first-order chi connectivity index (χ1) is 11.7. The van der Waals surface area contributed by atoms with Gasteiger partial charge in [-0.1, -0.05) is 30.3 Å². The molecule has 2 aromatic carbocycles. The third-order valence-corrected chi connectivity index (χ3v) is 4.44. The van der Waals surface area contributed by atoms with E-state index in [4.69, 9.17) is 10.5 Å². The maximum Gasteiger partial charge on any atom is 0.254 e. The molecule has 5 heteroatoms. The summed E-state index contributed by atoms with van der Waals surface area (Å²) in [5.41, 5.74) is 8.37.